The first-order valence-corrected chi connectivity index (χ1v) is 13.1. The van der Waals surface area contributed by atoms with Gasteiger partial charge in [-0.2, -0.15) is 36.3 Å². The van der Waals surface area contributed by atoms with Crippen LogP contribution in [-0.4, -0.2) is 52.9 Å². The normalized spacial score (nSPS) is 19.6. The number of alkyl halides is 6. The highest BCUT2D eigenvalue weighted by Gasteiger charge is 2.45. The van der Waals surface area contributed by atoms with Gasteiger partial charge in [-0.25, -0.2) is 0 Å². The van der Waals surface area contributed by atoms with E-state index in [1.807, 2.05) is 4.90 Å². The molecule has 14 heteroatoms. The number of ether oxygens (including phenoxy) is 1. The number of carbonyl (C=O) groups is 1. The van der Waals surface area contributed by atoms with Crippen LogP contribution in [0.25, 0.3) is 11.1 Å². The maximum Gasteiger partial charge on any atom is 0.429 e. The minimum Gasteiger partial charge on any atom is -0.480 e. The van der Waals surface area contributed by atoms with Crippen LogP contribution in [0.1, 0.15) is 36.5 Å². The van der Waals surface area contributed by atoms with Crippen molar-refractivity contribution in [1.29, 1.82) is 0 Å². The van der Waals surface area contributed by atoms with E-state index >= 15 is 0 Å². The molecular formula is C28H27F6N5O3. The molecule has 0 radical (unpaired) electrons. The average Bonchev–Trinajstić information content (AvgIpc) is 3.35. The zero-order valence-corrected chi connectivity index (χ0v) is 22.0. The Morgan fingerprint density at radius 1 is 1.00 bits per heavy atom. The van der Waals surface area contributed by atoms with Crippen LogP contribution in [0.5, 0.6) is 5.88 Å². The predicted octanol–water partition coefficient (Wildman–Crippen LogP) is 5.46. The second-order valence-corrected chi connectivity index (χ2v) is 10.6. The highest BCUT2D eigenvalue weighted by molar-refractivity contribution is 5.74. The Hall–Kier alpha value is -4.07. The molecule has 0 aliphatic carbocycles. The van der Waals surface area contributed by atoms with Gasteiger partial charge in [0.25, 0.3) is 0 Å². The van der Waals surface area contributed by atoms with E-state index in [0.29, 0.717) is 55.8 Å². The summed E-state index contributed by atoms with van der Waals surface area (Å²) in [5.41, 5.74) is 5.41. The van der Waals surface area contributed by atoms with Crippen LogP contribution in [0.15, 0.2) is 54.6 Å². The molecular weight excluding hydrogens is 568 g/mol. The molecule has 8 nitrogen and oxygen atoms in total. The molecule has 2 atom stereocenters. The number of hydrogen-bond acceptors (Lipinski definition) is 7. The van der Waals surface area contributed by atoms with Crippen molar-refractivity contribution < 1.29 is 41.0 Å². The lowest BCUT2D eigenvalue weighted by molar-refractivity contribution is -0.198. The summed E-state index contributed by atoms with van der Waals surface area (Å²) in [6, 6.07) is 10.1. The third-order valence-electron chi connectivity index (χ3n) is 7.81. The number of rotatable bonds is 6. The topological polar surface area (TPSA) is 114 Å². The third kappa shape index (κ3) is 6.37. The van der Waals surface area contributed by atoms with Gasteiger partial charge in [0.2, 0.25) is 17.9 Å². The first kappa shape index (κ1) is 29.4. The van der Waals surface area contributed by atoms with Crippen molar-refractivity contribution in [3.8, 4) is 17.0 Å². The maximum atomic E-state index is 14.1. The summed E-state index contributed by atoms with van der Waals surface area (Å²) in [6.45, 7) is 1.57. The number of nitrogens with two attached hydrogens (primary N) is 1. The molecule has 3 heterocycles. The molecule has 2 aromatic carbocycles. The van der Waals surface area contributed by atoms with Crippen molar-refractivity contribution in [2.24, 2.45) is 5.41 Å². The van der Waals surface area contributed by atoms with Gasteiger partial charge in [0.05, 0.1) is 5.56 Å². The van der Waals surface area contributed by atoms with Crippen molar-refractivity contribution in [3.63, 3.8) is 0 Å². The van der Waals surface area contributed by atoms with Gasteiger partial charge in [-0.05, 0) is 47.9 Å². The van der Waals surface area contributed by atoms with E-state index in [1.165, 1.54) is 42.5 Å². The molecule has 4 N–H and O–H groups in total. The van der Waals surface area contributed by atoms with Crippen molar-refractivity contribution in [1.82, 2.24) is 15.3 Å². The lowest BCUT2D eigenvalue weighted by atomic mass is 9.76. The zero-order chi connectivity index (χ0) is 30.3. The predicted molar refractivity (Wildman–Crippen MR) is 141 cm³/mol. The van der Waals surface area contributed by atoms with Gasteiger partial charge < -0.3 is 25.8 Å². The quantitative estimate of drug-likeness (QED) is 0.322. The number of nitrogen functional groups attached to an aromatic ring is 1. The molecule has 2 saturated heterocycles. The SMILES string of the molecule is Nc1nc(O[C@H](c2ccc(-c3ccc(C(F)(F)F)cc3)cc2)C(F)(F)F)cc(N2CCC3(CC2)CN[C@H](C(=O)O)C3)n1. The summed E-state index contributed by atoms with van der Waals surface area (Å²) >= 11 is 0. The zero-order valence-electron chi connectivity index (χ0n) is 22.0. The van der Waals surface area contributed by atoms with Gasteiger partial charge in [-0.3, -0.25) is 4.79 Å². The van der Waals surface area contributed by atoms with Gasteiger partial charge >= 0.3 is 18.3 Å². The number of aliphatic carboxylic acids is 1. The van der Waals surface area contributed by atoms with Crippen LogP contribution in [0.3, 0.4) is 0 Å². The van der Waals surface area contributed by atoms with Gasteiger partial charge in [-0.1, -0.05) is 36.4 Å². The van der Waals surface area contributed by atoms with E-state index in [0.717, 1.165) is 12.1 Å². The number of aromatic nitrogens is 2. The molecule has 0 saturated carbocycles. The van der Waals surface area contributed by atoms with Crippen molar-refractivity contribution in [2.45, 2.75) is 43.8 Å². The minimum absolute atomic E-state index is 0.175. The molecule has 3 aromatic rings. The molecule has 224 valence electrons. The molecule has 5 rings (SSSR count). The first-order chi connectivity index (χ1) is 19.7. The van der Waals surface area contributed by atoms with Crippen molar-refractivity contribution in [2.75, 3.05) is 30.3 Å². The fraction of sp³-hybridized carbons (Fsp3) is 0.393. The standard InChI is InChI=1S/C28H27F6N5O3/c29-27(30,31)19-7-5-17(6-8-19)16-1-3-18(4-2-16)23(28(32,33)34)42-22-13-21(37-25(35)38-22)39-11-9-26(10-12-39)14-20(24(40)41)36-15-26/h1-8,13,20,23,36H,9-12,14-15H2,(H,40,41)(H2,35,37,38)/t20-,23+/m0/s1. The first-order valence-electron chi connectivity index (χ1n) is 13.1. The molecule has 0 amide bonds. The van der Waals surface area contributed by atoms with Crippen LogP contribution >= 0.6 is 0 Å². The molecule has 0 unspecified atom stereocenters. The van der Waals surface area contributed by atoms with Crippen LogP contribution < -0.4 is 20.7 Å². The third-order valence-corrected chi connectivity index (χ3v) is 7.81. The fourth-order valence-corrected chi connectivity index (χ4v) is 5.48. The molecule has 2 fully saturated rings. The summed E-state index contributed by atoms with van der Waals surface area (Å²) in [7, 11) is 0. The van der Waals surface area contributed by atoms with Crippen LogP contribution in [0.4, 0.5) is 38.1 Å². The maximum absolute atomic E-state index is 14.1. The molecule has 1 spiro atoms. The number of nitrogens with one attached hydrogen (secondary N) is 1. The van der Waals surface area contributed by atoms with E-state index in [9.17, 15) is 36.2 Å². The lowest BCUT2D eigenvalue weighted by Crippen LogP contribution is -2.41. The number of piperidine rings is 1. The van der Waals surface area contributed by atoms with E-state index in [1.54, 1.807) is 0 Å². The Labute approximate surface area is 236 Å². The smallest absolute Gasteiger partial charge is 0.429 e. The Kier molecular flexibility index (Phi) is 7.68. The van der Waals surface area contributed by atoms with Gasteiger partial charge in [0, 0.05) is 31.3 Å². The molecule has 2 aliphatic rings. The number of benzene rings is 2. The van der Waals surface area contributed by atoms with Gasteiger partial charge in [0.15, 0.2) is 0 Å². The molecule has 42 heavy (non-hydrogen) atoms. The summed E-state index contributed by atoms with van der Waals surface area (Å²) in [5, 5.41) is 12.3. The lowest BCUT2D eigenvalue weighted by Gasteiger charge is -2.39. The van der Waals surface area contributed by atoms with Crippen LogP contribution in [0.2, 0.25) is 0 Å². The molecule has 1 aromatic heterocycles. The highest BCUT2D eigenvalue weighted by Crippen LogP contribution is 2.42. The van der Waals surface area contributed by atoms with Crippen molar-refractivity contribution >= 4 is 17.7 Å². The summed E-state index contributed by atoms with van der Waals surface area (Å²) < 4.78 is 86.2. The Morgan fingerprint density at radius 3 is 2.12 bits per heavy atom. The monoisotopic (exact) mass is 595 g/mol. The summed E-state index contributed by atoms with van der Waals surface area (Å²) in [6.07, 6.45) is -9.90. The average molecular weight is 596 g/mol. The largest absolute Gasteiger partial charge is 0.480 e. The Balaban J connectivity index is 1.31. The van der Waals surface area contributed by atoms with Crippen LogP contribution in [-0.2, 0) is 11.0 Å². The Bertz CT molecular complexity index is 1420. The second kappa shape index (κ2) is 11.0. The van der Waals surface area contributed by atoms with Crippen LogP contribution in [0, 0.1) is 5.41 Å². The van der Waals surface area contributed by atoms with Crippen molar-refractivity contribution in [3.05, 3.63) is 65.7 Å². The Morgan fingerprint density at radius 2 is 1.60 bits per heavy atom. The summed E-state index contributed by atoms with van der Waals surface area (Å²) in [4.78, 5) is 21.2. The number of carboxylic acid groups (broad SMARTS) is 1. The van der Waals surface area contributed by atoms with Gasteiger partial charge in [0.1, 0.15) is 11.9 Å². The molecule has 0 bridgehead atoms. The van der Waals surface area contributed by atoms with E-state index in [4.69, 9.17) is 10.5 Å². The fourth-order valence-electron chi connectivity index (χ4n) is 5.48. The molecule has 2 aliphatic heterocycles. The van der Waals surface area contributed by atoms with Gasteiger partial charge in [-0.15, -0.1) is 0 Å². The number of anilines is 2. The van der Waals surface area contributed by atoms with E-state index in [2.05, 4.69) is 15.3 Å². The number of nitrogens with zero attached hydrogens (tertiary/aromatic N) is 3. The second-order valence-electron chi connectivity index (χ2n) is 10.6. The number of hydrogen-bond donors (Lipinski definition) is 3. The van der Waals surface area contributed by atoms with E-state index < -0.39 is 36.0 Å². The number of carboxylic acids is 1. The minimum atomic E-state index is -4.83. The van der Waals surface area contributed by atoms with E-state index in [-0.39, 0.29) is 22.8 Å². The highest BCUT2D eigenvalue weighted by atomic mass is 19.4. The number of halogens is 6. The summed E-state index contributed by atoms with van der Waals surface area (Å²) in [5.74, 6) is -1.24.